The van der Waals surface area contributed by atoms with Gasteiger partial charge in [0.25, 0.3) is 0 Å². The smallest absolute Gasteiger partial charge is 0.123 e. The van der Waals surface area contributed by atoms with Gasteiger partial charge in [0.2, 0.25) is 0 Å². The van der Waals surface area contributed by atoms with E-state index in [1.165, 1.54) is 25.7 Å². The van der Waals surface area contributed by atoms with Gasteiger partial charge in [0.05, 0.1) is 6.10 Å². The van der Waals surface area contributed by atoms with E-state index in [2.05, 4.69) is 6.92 Å². The van der Waals surface area contributed by atoms with Crippen molar-refractivity contribution in [2.45, 2.75) is 64.4 Å². The Bertz CT molecular complexity index is 223. The topological polar surface area (TPSA) is 26.3 Å². The minimum Gasteiger partial charge on any atom is -0.378 e. The molecule has 2 fully saturated rings. The first-order chi connectivity index (χ1) is 8.28. The molecule has 2 heteroatoms. The minimum atomic E-state index is 0.311. The predicted molar refractivity (Wildman–Crippen MR) is 68.9 cm³/mol. The van der Waals surface area contributed by atoms with E-state index in [-0.39, 0.29) is 0 Å². The third-order valence-electron chi connectivity index (χ3n) is 4.61. The molecule has 0 aromatic rings. The average molecular weight is 238 g/mol. The highest BCUT2D eigenvalue weighted by atomic mass is 16.5. The highest BCUT2D eigenvalue weighted by Gasteiger charge is 2.23. The van der Waals surface area contributed by atoms with E-state index in [9.17, 15) is 4.79 Å². The van der Waals surface area contributed by atoms with Crippen molar-refractivity contribution in [3.63, 3.8) is 0 Å². The number of aldehydes is 1. The quantitative estimate of drug-likeness (QED) is 0.700. The SMILES string of the molecule is CC1CCC(COC2CCC(C=O)CC2)CC1. The average Bonchev–Trinajstić information content (AvgIpc) is 2.39. The molecule has 0 radical (unpaired) electrons. The van der Waals surface area contributed by atoms with Crippen LogP contribution >= 0.6 is 0 Å². The van der Waals surface area contributed by atoms with Gasteiger partial charge in [-0.1, -0.05) is 19.8 Å². The lowest BCUT2D eigenvalue weighted by Gasteiger charge is -2.30. The van der Waals surface area contributed by atoms with Gasteiger partial charge in [-0.25, -0.2) is 0 Å². The van der Waals surface area contributed by atoms with Gasteiger partial charge >= 0.3 is 0 Å². The van der Waals surface area contributed by atoms with Gasteiger partial charge < -0.3 is 9.53 Å². The lowest BCUT2D eigenvalue weighted by molar-refractivity contribution is -0.113. The first-order valence-electron chi connectivity index (χ1n) is 7.34. The zero-order valence-corrected chi connectivity index (χ0v) is 11.1. The van der Waals surface area contributed by atoms with Crippen LogP contribution in [0.5, 0.6) is 0 Å². The number of hydrogen-bond donors (Lipinski definition) is 0. The summed E-state index contributed by atoms with van der Waals surface area (Å²) in [5.74, 6) is 2.04. The van der Waals surface area contributed by atoms with Crippen LogP contribution in [0.3, 0.4) is 0 Å². The molecule has 98 valence electrons. The van der Waals surface area contributed by atoms with E-state index in [1.807, 2.05) is 0 Å². The second kappa shape index (κ2) is 6.53. The van der Waals surface area contributed by atoms with Crippen LogP contribution in [-0.4, -0.2) is 19.0 Å². The van der Waals surface area contributed by atoms with E-state index < -0.39 is 0 Å². The number of rotatable bonds is 4. The van der Waals surface area contributed by atoms with Crippen LogP contribution in [0, 0.1) is 17.8 Å². The number of ether oxygens (including phenoxy) is 1. The Hall–Kier alpha value is -0.370. The molecule has 0 saturated heterocycles. The molecule has 2 saturated carbocycles. The lowest BCUT2D eigenvalue weighted by atomic mass is 9.83. The van der Waals surface area contributed by atoms with Gasteiger partial charge in [0, 0.05) is 12.5 Å². The molecule has 0 aliphatic heterocycles. The maximum Gasteiger partial charge on any atom is 0.123 e. The van der Waals surface area contributed by atoms with Gasteiger partial charge in [0.1, 0.15) is 6.29 Å². The molecular weight excluding hydrogens is 212 g/mol. The summed E-state index contributed by atoms with van der Waals surface area (Å²) in [6.45, 7) is 3.32. The van der Waals surface area contributed by atoms with Gasteiger partial charge in [-0.15, -0.1) is 0 Å². The molecule has 0 amide bonds. The molecule has 2 aliphatic rings. The van der Waals surface area contributed by atoms with Crippen LogP contribution in [0.2, 0.25) is 0 Å². The van der Waals surface area contributed by atoms with Gasteiger partial charge in [-0.05, 0) is 50.4 Å². The van der Waals surface area contributed by atoms with Crippen LogP contribution < -0.4 is 0 Å². The second-order valence-electron chi connectivity index (χ2n) is 6.13. The maximum absolute atomic E-state index is 10.7. The summed E-state index contributed by atoms with van der Waals surface area (Å²) in [5.41, 5.74) is 0. The van der Waals surface area contributed by atoms with Crippen LogP contribution in [-0.2, 0) is 9.53 Å². The fraction of sp³-hybridized carbons (Fsp3) is 0.933. The maximum atomic E-state index is 10.7. The number of carbonyl (C=O) groups is 1. The highest BCUT2D eigenvalue weighted by Crippen LogP contribution is 2.30. The molecule has 2 aliphatic carbocycles. The van der Waals surface area contributed by atoms with Crippen LogP contribution in [0.25, 0.3) is 0 Å². The molecule has 0 spiro atoms. The molecule has 0 aromatic heterocycles. The minimum absolute atomic E-state index is 0.311. The summed E-state index contributed by atoms with van der Waals surface area (Å²) in [4.78, 5) is 10.7. The summed E-state index contributed by atoms with van der Waals surface area (Å²) in [6.07, 6.45) is 11.3. The Balaban J connectivity index is 1.61. The Kier molecular flexibility index (Phi) is 5.02. The summed E-state index contributed by atoms with van der Waals surface area (Å²) in [6, 6.07) is 0. The molecule has 0 atom stereocenters. The number of hydrogen-bond acceptors (Lipinski definition) is 2. The van der Waals surface area contributed by atoms with E-state index >= 15 is 0 Å². The first kappa shape index (κ1) is 13.1. The van der Waals surface area contributed by atoms with E-state index in [4.69, 9.17) is 4.74 Å². The predicted octanol–water partition coefficient (Wildman–Crippen LogP) is 3.59. The van der Waals surface area contributed by atoms with Crippen LogP contribution in [0.4, 0.5) is 0 Å². The molecule has 0 aromatic carbocycles. The zero-order chi connectivity index (χ0) is 12.1. The van der Waals surface area contributed by atoms with Gasteiger partial charge in [0.15, 0.2) is 0 Å². The zero-order valence-electron chi connectivity index (χ0n) is 11.1. The Morgan fingerprint density at radius 2 is 1.65 bits per heavy atom. The van der Waals surface area contributed by atoms with Crippen molar-refractivity contribution >= 4 is 6.29 Å². The molecule has 2 rings (SSSR count). The van der Waals surface area contributed by atoms with Crippen LogP contribution in [0.15, 0.2) is 0 Å². The normalized spacial score (nSPS) is 38.9. The monoisotopic (exact) mass is 238 g/mol. The number of carbonyl (C=O) groups excluding carboxylic acids is 1. The standard InChI is InChI=1S/C15H26O2/c1-12-2-4-14(5-3-12)11-17-15-8-6-13(10-16)7-9-15/h10,12-15H,2-9,11H2,1H3. The molecule has 17 heavy (non-hydrogen) atoms. The van der Waals surface area contributed by atoms with Crippen molar-refractivity contribution in [2.24, 2.45) is 17.8 Å². The molecule has 0 unspecified atom stereocenters. The fourth-order valence-corrected chi connectivity index (χ4v) is 3.16. The third-order valence-corrected chi connectivity index (χ3v) is 4.61. The highest BCUT2D eigenvalue weighted by molar-refractivity contribution is 5.53. The Morgan fingerprint density at radius 3 is 2.24 bits per heavy atom. The molecule has 0 heterocycles. The largest absolute Gasteiger partial charge is 0.378 e. The van der Waals surface area contributed by atoms with E-state index in [1.54, 1.807) is 0 Å². The van der Waals surface area contributed by atoms with Crippen molar-refractivity contribution in [3.05, 3.63) is 0 Å². The van der Waals surface area contributed by atoms with Crippen molar-refractivity contribution < 1.29 is 9.53 Å². The van der Waals surface area contributed by atoms with Crippen molar-refractivity contribution in [1.82, 2.24) is 0 Å². The Morgan fingerprint density at radius 1 is 1.00 bits per heavy atom. The van der Waals surface area contributed by atoms with Gasteiger partial charge in [-0.2, -0.15) is 0 Å². The van der Waals surface area contributed by atoms with Crippen molar-refractivity contribution in [1.29, 1.82) is 0 Å². The van der Waals surface area contributed by atoms with Crippen molar-refractivity contribution in [3.8, 4) is 0 Å². The lowest BCUT2D eigenvalue weighted by Crippen LogP contribution is -2.26. The summed E-state index contributed by atoms with van der Waals surface area (Å²) in [7, 11) is 0. The van der Waals surface area contributed by atoms with Crippen LogP contribution in [0.1, 0.15) is 58.3 Å². The van der Waals surface area contributed by atoms with Crippen molar-refractivity contribution in [2.75, 3.05) is 6.61 Å². The van der Waals surface area contributed by atoms with E-state index in [0.29, 0.717) is 12.0 Å². The van der Waals surface area contributed by atoms with E-state index in [0.717, 1.165) is 50.4 Å². The second-order valence-corrected chi connectivity index (χ2v) is 6.13. The molecule has 0 N–H and O–H groups in total. The molecule has 0 bridgehead atoms. The fourth-order valence-electron chi connectivity index (χ4n) is 3.16. The summed E-state index contributed by atoms with van der Waals surface area (Å²) < 4.78 is 6.03. The first-order valence-corrected chi connectivity index (χ1v) is 7.34. The molecular formula is C15H26O2. The Labute approximate surface area is 105 Å². The molecule has 2 nitrogen and oxygen atoms in total. The third kappa shape index (κ3) is 4.09. The van der Waals surface area contributed by atoms with Gasteiger partial charge in [-0.3, -0.25) is 0 Å². The summed E-state index contributed by atoms with van der Waals surface area (Å²) >= 11 is 0. The summed E-state index contributed by atoms with van der Waals surface area (Å²) in [5, 5.41) is 0.